The van der Waals surface area contributed by atoms with Crippen LogP contribution >= 0.6 is 0 Å². The lowest BCUT2D eigenvalue weighted by molar-refractivity contribution is 0.0945. The van der Waals surface area contributed by atoms with Gasteiger partial charge in [-0.05, 0) is 38.0 Å². The number of carbonyl (C=O) groups is 1. The summed E-state index contributed by atoms with van der Waals surface area (Å²) in [6.45, 7) is 1.95. The molecule has 0 spiro atoms. The molecule has 1 amide bonds. The molecule has 18 heavy (non-hydrogen) atoms. The Morgan fingerprint density at radius 3 is 2.72 bits per heavy atom. The van der Waals surface area contributed by atoms with Crippen molar-refractivity contribution in [3.63, 3.8) is 0 Å². The van der Waals surface area contributed by atoms with Gasteiger partial charge < -0.3 is 5.32 Å². The maximum Gasteiger partial charge on any atom is 0.272 e. The second-order valence-corrected chi connectivity index (χ2v) is 4.67. The molecule has 0 atom stereocenters. The van der Waals surface area contributed by atoms with E-state index in [1.54, 1.807) is 4.68 Å². The van der Waals surface area contributed by atoms with Crippen LogP contribution in [0.1, 0.15) is 29.0 Å². The normalized spacial score (nSPS) is 14.5. The van der Waals surface area contributed by atoms with Crippen LogP contribution < -0.4 is 5.32 Å². The van der Waals surface area contributed by atoms with Gasteiger partial charge in [-0.15, -0.1) is 0 Å². The molecule has 1 heterocycles. The van der Waals surface area contributed by atoms with E-state index in [0.29, 0.717) is 11.7 Å². The highest BCUT2D eigenvalue weighted by Crippen LogP contribution is 2.19. The van der Waals surface area contributed by atoms with Crippen LogP contribution in [-0.4, -0.2) is 21.7 Å². The van der Waals surface area contributed by atoms with E-state index in [0.717, 1.165) is 24.2 Å². The predicted molar refractivity (Wildman–Crippen MR) is 68.8 cm³/mol. The van der Waals surface area contributed by atoms with Crippen LogP contribution in [0.15, 0.2) is 36.4 Å². The van der Waals surface area contributed by atoms with Crippen molar-refractivity contribution in [1.29, 1.82) is 0 Å². The molecule has 0 unspecified atom stereocenters. The quantitative estimate of drug-likeness (QED) is 0.894. The van der Waals surface area contributed by atoms with Gasteiger partial charge in [-0.3, -0.25) is 4.79 Å². The summed E-state index contributed by atoms with van der Waals surface area (Å²) >= 11 is 0. The molecule has 2 aromatic rings. The Hall–Kier alpha value is -2.10. The van der Waals surface area contributed by atoms with Crippen LogP contribution in [0, 0.1) is 6.92 Å². The number of aromatic nitrogens is 2. The highest BCUT2D eigenvalue weighted by atomic mass is 16.2. The summed E-state index contributed by atoms with van der Waals surface area (Å²) in [5.74, 6) is -0.0738. The van der Waals surface area contributed by atoms with E-state index >= 15 is 0 Å². The molecule has 1 saturated carbocycles. The van der Waals surface area contributed by atoms with Crippen molar-refractivity contribution in [3.8, 4) is 5.69 Å². The van der Waals surface area contributed by atoms with E-state index in [1.807, 2.05) is 43.3 Å². The maximum absolute atomic E-state index is 11.9. The molecular weight excluding hydrogens is 226 g/mol. The average Bonchev–Trinajstić information content (AvgIpc) is 3.10. The second-order valence-electron chi connectivity index (χ2n) is 4.67. The lowest BCUT2D eigenvalue weighted by atomic mass is 10.3. The fourth-order valence-electron chi connectivity index (χ4n) is 1.90. The molecule has 1 aliphatic carbocycles. The highest BCUT2D eigenvalue weighted by molar-refractivity contribution is 5.92. The topological polar surface area (TPSA) is 46.9 Å². The number of amides is 1. The Morgan fingerprint density at radius 1 is 1.33 bits per heavy atom. The molecule has 1 fully saturated rings. The molecule has 0 aliphatic heterocycles. The molecule has 1 aromatic carbocycles. The van der Waals surface area contributed by atoms with E-state index in [-0.39, 0.29) is 5.91 Å². The molecule has 92 valence electrons. The molecule has 1 aliphatic rings. The number of nitrogens with zero attached hydrogens (tertiary/aromatic N) is 2. The summed E-state index contributed by atoms with van der Waals surface area (Å²) in [6, 6.07) is 12.0. The van der Waals surface area contributed by atoms with Crippen molar-refractivity contribution in [1.82, 2.24) is 15.1 Å². The molecule has 0 radical (unpaired) electrons. The number of carbonyl (C=O) groups excluding carboxylic acids is 1. The Bertz CT molecular complexity index is 570. The molecule has 4 nitrogen and oxygen atoms in total. The first-order valence-corrected chi connectivity index (χ1v) is 6.17. The van der Waals surface area contributed by atoms with E-state index in [4.69, 9.17) is 0 Å². The first kappa shape index (κ1) is 11.0. The van der Waals surface area contributed by atoms with E-state index in [2.05, 4.69) is 10.4 Å². The summed E-state index contributed by atoms with van der Waals surface area (Å²) in [6.07, 6.45) is 2.17. The standard InChI is InChI=1S/C14H15N3O/c1-10-9-13(14(18)15-11-7-8-11)16-17(10)12-5-3-2-4-6-12/h2-6,9,11H,7-8H2,1H3,(H,15,18). The zero-order chi connectivity index (χ0) is 12.5. The number of rotatable bonds is 3. The number of benzene rings is 1. The summed E-state index contributed by atoms with van der Waals surface area (Å²) in [5, 5.41) is 7.31. The van der Waals surface area contributed by atoms with Gasteiger partial charge in [0.1, 0.15) is 0 Å². The second kappa shape index (κ2) is 4.29. The van der Waals surface area contributed by atoms with Gasteiger partial charge >= 0.3 is 0 Å². The van der Waals surface area contributed by atoms with Crippen molar-refractivity contribution < 1.29 is 4.79 Å². The van der Waals surface area contributed by atoms with Gasteiger partial charge in [0.2, 0.25) is 0 Å². The maximum atomic E-state index is 11.9. The fraction of sp³-hybridized carbons (Fsp3) is 0.286. The predicted octanol–water partition coefficient (Wildman–Crippen LogP) is 2.07. The minimum Gasteiger partial charge on any atom is -0.348 e. The molecule has 0 saturated heterocycles. The monoisotopic (exact) mass is 241 g/mol. The lowest BCUT2D eigenvalue weighted by Crippen LogP contribution is -2.25. The number of aryl methyl sites for hydroxylation is 1. The minimum absolute atomic E-state index is 0.0738. The third-order valence-corrected chi connectivity index (χ3v) is 3.03. The van der Waals surface area contributed by atoms with Gasteiger partial charge in [0, 0.05) is 11.7 Å². The van der Waals surface area contributed by atoms with Crippen LogP contribution in [0.25, 0.3) is 5.69 Å². The molecule has 1 N–H and O–H groups in total. The van der Waals surface area contributed by atoms with Crippen LogP contribution in [0.2, 0.25) is 0 Å². The van der Waals surface area contributed by atoms with Gasteiger partial charge in [0.05, 0.1) is 5.69 Å². The molecule has 1 aromatic heterocycles. The van der Waals surface area contributed by atoms with Crippen molar-refractivity contribution in [3.05, 3.63) is 47.8 Å². The van der Waals surface area contributed by atoms with Gasteiger partial charge in [-0.1, -0.05) is 18.2 Å². The third kappa shape index (κ3) is 2.14. The van der Waals surface area contributed by atoms with Crippen molar-refractivity contribution in [2.45, 2.75) is 25.8 Å². The molecule has 3 rings (SSSR count). The first-order chi connectivity index (χ1) is 8.74. The number of hydrogen-bond acceptors (Lipinski definition) is 2. The highest BCUT2D eigenvalue weighted by Gasteiger charge is 2.25. The van der Waals surface area contributed by atoms with E-state index in [1.165, 1.54) is 0 Å². The van der Waals surface area contributed by atoms with Gasteiger partial charge in [0.25, 0.3) is 5.91 Å². The minimum atomic E-state index is -0.0738. The fourth-order valence-corrected chi connectivity index (χ4v) is 1.90. The Balaban J connectivity index is 1.88. The molecule has 4 heteroatoms. The third-order valence-electron chi connectivity index (χ3n) is 3.03. The zero-order valence-electron chi connectivity index (χ0n) is 10.3. The van der Waals surface area contributed by atoms with Crippen molar-refractivity contribution in [2.24, 2.45) is 0 Å². The number of para-hydroxylation sites is 1. The largest absolute Gasteiger partial charge is 0.348 e. The van der Waals surface area contributed by atoms with Gasteiger partial charge in [-0.2, -0.15) is 5.10 Å². The van der Waals surface area contributed by atoms with Crippen LogP contribution in [0.5, 0.6) is 0 Å². The number of hydrogen-bond donors (Lipinski definition) is 1. The zero-order valence-corrected chi connectivity index (χ0v) is 10.3. The number of nitrogens with one attached hydrogen (secondary N) is 1. The van der Waals surface area contributed by atoms with E-state index < -0.39 is 0 Å². The Morgan fingerprint density at radius 2 is 2.06 bits per heavy atom. The SMILES string of the molecule is Cc1cc(C(=O)NC2CC2)nn1-c1ccccc1. The van der Waals surface area contributed by atoms with Gasteiger partial charge in [0.15, 0.2) is 5.69 Å². The summed E-state index contributed by atoms with van der Waals surface area (Å²) in [4.78, 5) is 11.9. The lowest BCUT2D eigenvalue weighted by Gasteiger charge is -2.03. The van der Waals surface area contributed by atoms with Crippen molar-refractivity contribution >= 4 is 5.91 Å². The molecular formula is C14H15N3O. The van der Waals surface area contributed by atoms with Gasteiger partial charge in [-0.25, -0.2) is 4.68 Å². The summed E-state index contributed by atoms with van der Waals surface area (Å²) in [5.41, 5.74) is 2.42. The first-order valence-electron chi connectivity index (χ1n) is 6.17. The smallest absolute Gasteiger partial charge is 0.272 e. The van der Waals surface area contributed by atoms with Crippen LogP contribution in [0.3, 0.4) is 0 Å². The summed E-state index contributed by atoms with van der Waals surface area (Å²) in [7, 11) is 0. The summed E-state index contributed by atoms with van der Waals surface area (Å²) < 4.78 is 1.79. The van der Waals surface area contributed by atoms with Crippen molar-refractivity contribution in [2.75, 3.05) is 0 Å². The van der Waals surface area contributed by atoms with Crippen LogP contribution in [-0.2, 0) is 0 Å². The van der Waals surface area contributed by atoms with E-state index in [9.17, 15) is 4.79 Å². The Kier molecular flexibility index (Phi) is 2.63. The average molecular weight is 241 g/mol. The Labute approximate surface area is 106 Å². The molecule has 0 bridgehead atoms. The van der Waals surface area contributed by atoms with Crippen LogP contribution in [0.4, 0.5) is 0 Å².